The lowest BCUT2D eigenvalue weighted by molar-refractivity contribution is -0.0179. The molecule has 40 heavy (non-hydrogen) atoms. The molecule has 0 fully saturated rings. The van der Waals surface area contributed by atoms with E-state index >= 15 is 0 Å². The van der Waals surface area contributed by atoms with Gasteiger partial charge in [-0.3, -0.25) is 0 Å². The van der Waals surface area contributed by atoms with Gasteiger partial charge in [-0.25, -0.2) is 4.68 Å². The Morgan fingerprint density at radius 3 is 1.93 bits per heavy atom. The van der Waals surface area contributed by atoms with E-state index in [0.717, 1.165) is 23.5 Å². The van der Waals surface area contributed by atoms with Gasteiger partial charge in [0.1, 0.15) is 5.69 Å². The molecule has 0 saturated carbocycles. The van der Waals surface area contributed by atoms with Crippen molar-refractivity contribution in [3.63, 3.8) is 0 Å². The van der Waals surface area contributed by atoms with E-state index in [9.17, 15) is 0 Å². The molecule has 0 spiro atoms. The van der Waals surface area contributed by atoms with E-state index in [4.69, 9.17) is 23.7 Å². The Hall–Kier alpha value is -2.82. The zero-order valence-electron chi connectivity index (χ0n) is 24.4. The number of hydrogen-bond donors (Lipinski definition) is 0. The Morgan fingerprint density at radius 1 is 0.700 bits per heavy atom. The molecular weight excluding hydrogens is 508 g/mol. The molecule has 0 unspecified atom stereocenters. The molecule has 0 radical (unpaired) electrons. The van der Waals surface area contributed by atoms with Gasteiger partial charge in [0.15, 0.2) is 0 Å². The number of ether oxygens (including phenoxy) is 5. The van der Waals surface area contributed by atoms with Crippen LogP contribution in [0.5, 0.6) is 0 Å². The summed E-state index contributed by atoms with van der Waals surface area (Å²) >= 11 is 0. The van der Waals surface area contributed by atoms with Crippen LogP contribution in [0, 0.1) is 0 Å². The third-order valence-corrected chi connectivity index (χ3v) is 6.68. The standard InChI is InChI=1S/C31H44N4O5/c1-24(2)34-23-26-9-5-6-10-27(26)31-30(28-11-7-8-12-29(28)34)32-33-35(31)13-14-36-15-16-37-17-18-38-19-20-39-21-22-40-25(3)4/h5-12,24-25H,13-23H2,1-4H3. The molecule has 9 heteroatoms. The predicted octanol–water partition coefficient (Wildman–Crippen LogP) is 4.83. The molecular formula is C31H44N4O5. The van der Waals surface area contributed by atoms with Gasteiger partial charge in [-0.2, -0.15) is 0 Å². The van der Waals surface area contributed by atoms with Gasteiger partial charge < -0.3 is 28.6 Å². The summed E-state index contributed by atoms with van der Waals surface area (Å²) in [5, 5.41) is 9.22. The van der Waals surface area contributed by atoms with Crippen molar-refractivity contribution in [3.05, 3.63) is 54.1 Å². The minimum atomic E-state index is 0.232. The Kier molecular flexibility index (Phi) is 11.9. The Morgan fingerprint density at radius 2 is 1.27 bits per heavy atom. The highest BCUT2D eigenvalue weighted by molar-refractivity contribution is 5.88. The summed E-state index contributed by atoms with van der Waals surface area (Å²) in [5.74, 6) is 0. The largest absolute Gasteiger partial charge is 0.377 e. The zero-order chi connectivity index (χ0) is 28.2. The highest BCUT2D eigenvalue weighted by Crippen LogP contribution is 2.41. The molecule has 4 rings (SSSR count). The van der Waals surface area contributed by atoms with Crippen molar-refractivity contribution in [2.75, 3.05) is 64.4 Å². The SMILES string of the molecule is CC(C)OCCOCCOCCOCCOCCn1nnc2c1-c1ccccc1CN(C(C)C)c1ccccc1-2. The Labute approximate surface area is 238 Å². The number of hydrogen-bond acceptors (Lipinski definition) is 8. The molecule has 0 N–H and O–H groups in total. The summed E-state index contributed by atoms with van der Waals surface area (Å²) in [4.78, 5) is 2.43. The van der Waals surface area contributed by atoms with E-state index < -0.39 is 0 Å². The van der Waals surface area contributed by atoms with Crippen LogP contribution in [0.4, 0.5) is 5.69 Å². The maximum Gasteiger partial charge on any atom is 0.123 e. The number of para-hydroxylation sites is 1. The van der Waals surface area contributed by atoms with Gasteiger partial charge in [-0.15, -0.1) is 5.10 Å². The second-order valence-electron chi connectivity index (χ2n) is 10.3. The average molecular weight is 553 g/mol. The van der Waals surface area contributed by atoms with Crippen LogP contribution in [-0.4, -0.2) is 86.6 Å². The predicted molar refractivity (Wildman–Crippen MR) is 157 cm³/mol. The van der Waals surface area contributed by atoms with E-state index in [1.807, 2.05) is 18.5 Å². The molecule has 0 amide bonds. The zero-order valence-corrected chi connectivity index (χ0v) is 24.4. The van der Waals surface area contributed by atoms with Gasteiger partial charge in [0.25, 0.3) is 0 Å². The molecule has 0 bridgehead atoms. The minimum Gasteiger partial charge on any atom is -0.377 e. The first-order chi connectivity index (χ1) is 19.6. The van der Waals surface area contributed by atoms with Crippen molar-refractivity contribution in [2.45, 2.75) is 52.9 Å². The van der Waals surface area contributed by atoms with Crippen LogP contribution in [0.25, 0.3) is 22.5 Å². The first-order valence-corrected chi connectivity index (χ1v) is 14.4. The summed E-state index contributed by atoms with van der Waals surface area (Å²) in [6, 6.07) is 17.4. The topological polar surface area (TPSA) is 80.1 Å². The summed E-state index contributed by atoms with van der Waals surface area (Å²) in [7, 11) is 0. The van der Waals surface area contributed by atoms with Crippen molar-refractivity contribution >= 4 is 5.69 Å². The smallest absolute Gasteiger partial charge is 0.123 e. The molecule has 0 atom stereocenters. The van der Waals surface area contributed by atoms with Crippen LogP contribution in [0.2, 0.25) is 0 Å². The molecule has 1 aromatic heterocycles. The minimum absolute atomic E-state index is 0.232. The fraction of sp³-hybridized carbons (Fsp3) is 0.548. The first kappa shape index (κ1) is 30.1. The van der Waals surface area contributed by atoms with Crippen LogP contribution < -0.4 is 4.90 Å². The number of anilines is 1. The summed E-state index contributed by atoms with van der Waals surface area (Å²) < 4.78 is 29.9. The van der Waals surface area contributed by atoms with E-state index in [1.165, 1.54) is 16.8 Å². The molecule has 2 aromatic carbocycles. The molecule has 1 aliphatic rings. The Bertz CT molecular complexity index is 1170. The third-order valence-electron chi connectivity index (χ3n) is 6.68. The van der Waals surface area contributed by atoms with Gasteiger partial charge in [0, 0.05) is 29.4 Å². The summed E-state index contributed by atoms with van der Waals surface area (Å²) in [6.07, 6.45) is 0.232. The number of nitrogens with zero attached hydrogens (tertiary/aromatic N) is 4. The van der Waals surface area contributed by atoms with Crippen LogP contribution in [0.3, 0.4) is 0 Å². The average Bonchev–Trinajstić information content (AvgIpc) is 3.35. The fourth-order valence-electron chi connectivity index (χ4n) is 4.72. The van der Waals surface area contributed by atoms with Gasteiger partial charge >= 0.3 is 0 Å². The molecule has 0 aliphatic carbocycles. The second kappa shape index (κ2) is 15.8. The summed E-state index contributed by atoms with van der Waals surface area (Å²) in [5.41, 5.74) is 6.67. The van der Waals surface area contributed by atoms with Crippen LogP contribution >= 0.6 is 0 Å². The lowest BCUT2D eigenvalue weighted by atomic mass is 9.95. The Balaban J connectivity index is 1.23. The molecule has 1 aliphatic heterocycles. The second-order valence-corrected chi connectivity index (χ2v) is 10.3. The van der Waals surface area contributed by atoms with Gasteiger partial charge in [-0.1, -0.05) is 47.7 Å². The molecule has 2 heterocycles. The summed E-state index contributed by atoms with van der Waals surface area (Å²) in [6.45, 7) is 14.8. The van der Waals surface area contributed by atoms with Gasteiger partial charge in [0.2, 0.25) is 0 Å². The van der Waals surface area contributed by atoms with Crippen LogP contribution in [0.15, 0.2) is 48.5 Å². The van der Waals surface area contributed by atoms with Crippen molar-refractivity contribution < 1.29 is 23.7 Å². The monoisotopic (exact) mass is 552 g/mol. The lowest BCUT2D eigenvalue weighted by Gasteiger charge is -2.33. The lowest BCUT2D eigenvalue weighted by Crippen LogP contribution is -2.31. The van der Waals surface area contributed by atoms with Gasteiger partial charge in [-0.05, 0) is 39.3 Å². The maximum atomic E-state index is 5.86. The van der Waals surface area contributed by atoms with Crippen molar-refractivity contribution in [3.8, 4) is 22.5 Å². The normalized spacial score (nSPS) is 12.8. The number of fused-ring (bicyclic) bond motifs is 5. The molecule has 218 valence electrons. The molecule has 9 nitrogen and oxygen atoms in total. The van der Waals surface area contributed by atoms with Crippen molar-refractivity contribution in [1.82, 2.24) is 15.0 Å². The quantitative estimate of drug-likeness (QED) is 0.220. The molecule has 0 saturated heterocycles. The highest BCUT2D eigenvalue weighted by Gasteiger charge is 2.27. The highest BCUT2D eigenvalue weighted by atomic mass is 16.6. The van der Waals surface area contributed by atoms with Crippen molar-refractivity contribution in [1.29, 1.82) is 0 Å². The van der Waals surface area contributed by atoms with E-state index in [0.29, 0.717) is 72.0 Å². The van der Waals surface area contributed by atoms with E-state index in [2.05, 4.69) is 77.6 Å². The van der Waals surface area contributed by atoms with Crippen LogP contribution in [0.1, 0.15) is 33.3 Å². The number of rotatable bonds is 17. The van der Waals surface area contributed by atoms with E-state index in [1.54, 1.807) is 0 Å². The maximum absolute atomic E-state index is 5.86. The van der Waals surface area contributed by atoms with E-state index in [-0.39, 0.29) is 6.10 Å². The fourth-order valence-corrected chi connectivity index (χ4v) is 4.72. The number of benzene rings is 2. The van der Waals surface area contributed by atoms with Gasteiger partial charge in [0.05, 0.1) is 77.8 Å². The van der Waals surface area contributed by atoms with Crippen molar-refractivity contribution in [2.24, 2.45) is 0 Å². The molecule has 3 aromatic rings. The number of aromatic nitrogens is 3. The first-order valence-electron chi connectivity index (χ1n) is 14.4. The third kappa shape index (κ3) is 8.34. The van der Waals surface area contributed by atoms with Crippen LogP contribution in [-0.2, 0) is 36.8 Å².